The average Bonchev–Trinajstić information content (AvgIpc) is 3.49. The van der Waals surface area contributed by atoms with Crippen molar-refractivity contribution < 1.29 is 0 Å². The number of pyridine rings is 1. The summed E-state index contributed by atoms with van der Waals surface area (Å²) in [4.78, 5) is 25.3. The zero-order chi connectivity index (χ0) is 24.5. The summed E-state index contributed by atoms with van der Waals surface area (Å²) in [5.41, 5.74) is 11.0. The average molecular weight is 541 g/mol. The van der Waals surface area contributed by atoms with Crippen LogP contribution in [0.15, 0.2) is 38.7 Å². The molecular formula is C26H34BrN7O. The normalized spacial score (nSPS) is 18.7. The van der Waals surface area contributed by atoms with Gasteiger partial charge in [-0.2, -0.15) is 5.10 Å². The van der Waals surface area contributed by atoms with Gasteiger partial charge in [-0.3, -0.25) is 19.4 Å². The van der Waals surface area contributed by atoms with E-state index in [9.17, 15) is 4.79 Å². The summed E-state index contributed by atoms with van der Waals surface area (Å²) < 4.78 is 3.09. The fourth-order valence-corrected chi connectivity index (χ4v) is 5.80. The van der Waals surface area contributed by atoms with Gasteiger partial charge in [0.05, 0.1) is 24.3 Å². The molecule has 2 aromatic heterocycles. The number of fused-ring (bicyclic) bond motifs is 1. The van der Waals surface area contributed by atoms with Gasteiger partial charge >= 0.3 is 0 Å². The Kier molecular flexibility index (Phi) is 7.09. The molecule has 0 amide bonds. The number of amidine groups is 1. The molecule has 0 spiro atoms. The number of likely N-dealkylation sites (N-methyl/N-ethyl adjacent to an activating group) is 1. The summed E-state index contributed by atoms with van der Waals surface area (Å²) in [7, 11) is 2.15. The van der Waals surface area contributed by atoms with Crippen molar-refractivity contribution in [3.63, 3.8) is 0 Å². The zero-order valence-electron chi connectivity index (χ0n) is 20.6. The number of nitrogens with one attached hydrogen (secondary N) is 1. The predicted molar refractivity (Wildman–Crippen MR) is 144 cm³/mol. The van der Waals surface area contributed by atoms with Crippen molar-refractivity contribution in [3.05, 3.63) is 61.6 Å². The van der Waals surface area contributed by atoms with Crippen molar-refractivity contribution in [3.8, 4) is 0 Å². The first-order valence-corrected chi connectivity index (χ1v) is 13.3. The molecule has 0 atom stereocenters. The van der Waals surface area contributed by atoms with Crippen LogP contribution in [0, 0.1) is 6.92 Å². The van der Waals surface area contributed by atoms with E-state index in [0.29, 0.717) is 17.4 Å². The molecule has 1 aliphatic heterocycles. The fraction of sp³-hybridized carbons (Fsp3) is 0.500. The van der Waals surface area contributed by atoms with E-state index < -0.39 is 0 Å². The molecule has 9 heteroatoms. The number of hydrogen-bond acceptors (Lipinski definition) is 5. The van der Waals surface area contributed by atoms with Gasteiger partial charge in [-0.1, -0.05) is 28.8 Å². The number of H-pyrrole nitrogens is 1. The van der Waals surface area contributed by atoms with Crippen LogP contribution in [0.4, 0.5) is 0 Å². The molecule has 0 radical (unpaired) electrons. The van der Waals surface area contributed by atoms with E-state index in [4.69, 9.17) is 15.8 Å². The Hall–Kier alpha value is -2.49. The molecule has 0 bridgehead atoms. The molecule has 1 saturated heterocycles. The van der Waals surface area contributed by atoms with Crippen LogP contribution in [0.1, 0.15) is 54.1 Å². The number of aromatic amines is 1. The van der Waals surface area contributed by atoms with Gasteiger partial charge in [0.2, 0.25) is 0 Å². The third-order valence-electron chi connectivity index (χ3n) is 7.39. The number of aromatic nitrogens is 3. The Morgan fingerprint density at radius 2 is 1.94 bits per heavy atom. The second kappa shape index (κ2) is 10.2. The highest BCUT2D eigenvalue weighted by Crippen LogP contribution is 2.33. The minimum atomic E-state index is -0.0841. The molecule has 2 fully saturated rings. The molecule has 8 nitrogen and oxygen atoms in total. The molecule has 1 aromatic carbocycles. The Labute approximate surface area is 214 Å². The van der Waals surface area contributed by atoms with Gasteiger partial charge in [0.25, 0.3) is 5.56 Å². The van der Waals surface area contributed by atoms with Crippen molar-refractivity contribution in [2.75, 3.05) is 33.2 Å². The van der Waals surface area contributed by atoms with E-state index in [1.54, 1.807) is 0 Å². The topological polar surface area (TPSA) is 95.5 Å². The van der Waals surface area contributed by atoms with E-state index in [1.807, 2.05) is 19.2 Å². The second-order valence-electron chi connectivity index (χ2n) is 9.98. The smallest absolute Gasteiger partial charge is 0.253 e. The lowest BCUT2D eigenvalue weighted by Gasteiger charge is -2.32. The third-order valence-corrected chi connectivity index (χ3v) is 7.85. The lowest BCUT2D eigenvalue weighted by Crippen LogP contribution is -2.44. The van der Waals surface area contributed by atoms with Gasteiger partial charge in [-0.15, -0.1) is 0 Å². The van der Waals surface area contributed by atoms with Crippen molar-refractivity contribution >= 4 is 32.7 Å². The van der Waals surface area contributed by atoms with Crippen LogP contribution >= 0.6 is 15.9 Å². The lowest BCUT2D eigenvalue weighted by molar-refractivity contribution is 0.148. The Bertz CT molecular complexity index is 1300. The van der Waals surface area contributed by atoms with Crippen LogP contribution in [-0.4, -0.2) is 63.6 Å². The maximum atomic E-state index is 12.9. The first-order chi connectivity index (χ1) is 16.9. The number of nitrogens with zero attached hydrogens (tertiary/aromatic N) is 5. The number of piperazine rings is 1. The van der Waals surface area contributed by atoms with Crippen molar-refractivity contribution in [1.29, 1.82) is 0 Å². The van der Waals surface area contributed by atoms with Crippen LogP contribution in [0.3, 0.4) is 0 Å². The summed E-state index contributed by atoms with van der Waals surface area (Å²) in [6.45, 7) is 6.99. The SMILES string of the molecule is Cc1cc(CN2CCN(C)CC2)c(CN=C(N)c2cc(Br)cc3c2cnn3C2CCCC2)c(=O)[nH]1. The molecule has 3 heterocycles. The summed E-state index contributed by atoms with van der Waals surface area (Å²) >= 11 is 3.65. The highest BCUT2D eigenvalue weighted by molar-refractivity contribution is 9.10. The summed E-state index contributed by atoms with van der Waals surface area (Å²) in [5, 5.41) is 5.71. The predicted octanol–water partition coefficient (Wildman–Crippen LogP) is 3.56. The van der Waals surface area contributed by atoms with E-state index >= 15 is 0 Å². The molecule has 3 aromatic rings. The molecule has 0 unspecified atom stereocenters. The highest BCUT2D eigenvalue weighted by atomic mass is 79.9. The second-order valence-corrected chi connectivity index (χ2v) is 10.9. The standard InChI is InChI=1S/C26H34BrN7O/c1-17-11-18(16-33-9-7-32(2)8-10-33)22(26(35)31-17)14-29-25(28)21-12-19(27)13-24-23(21)15-30-34(24)20-5-3-4-6-20/h11-13,15,20H,3-10,14,16H2,1-2H3,(H2,28,29)(H,31,35). The number of aliphatic imine (C=N–C) groups is 1. The largest absolute Gasteiger partial charge is 0.383 e. The molecular weight excluding hydrogens is 506 g/mol. The van der Waals surface area contributed by atoms with E-state index in [2.05, 4.69) is 54.6 Å². The van der Waals surface area contributed by atoms with Gasteiger partial charge in [0.15, 0.2) is 0 Å². The number of rotatable bonds is 6. The number of hydrogen-bond donors (Lipinski definition) is 2. The molecule has 3 N–H and O–H groups in total. The number of aryl methyl sites for hydroxylation is 1. The van der Waals surface area contributed by atoms with Gasteiger partial charge < -0.3 is 15.6 Å². The summed E-state index contributed by atoms with van der Waals surface area (Å²) in [6.07, 6.45) is 6.72. The van der Waals surface area contributed by atoms with E-state index in [-0.39, 0.29) is 12.1 Å². The number of benzene rings is 1. The van der Waals surface area contributed by atoms with Crippen LogP contribution < -0.4 is 11.3 Å². The number of nitrogens with two attached hydrogens (primary N) is 1. The van der Waals surface area contributed by atoms with Crippen LogP contribution in [-0.2, 0) is 13.1 Å². The fourth-order valence-electron chi connectivity index (χ4n) is 5.36. The van der Waals surface area contributed by atoms with Gasteiger partial charge in [0.1, 0.15) is 5.84 Å². The molecule has 35 heavy (non-hydrogen) atoms. The highest BCUT2D eigenvalue weighted by Gasteiger charge is 2.22. The minimum Gasteiger partial charge on any atom is -0.383 e. The first kappa shape index (κ1) is 24.2. The quantitative estimate of drug-likeness (QED) is 0.368. The third kappa shape index (κ3) is 5.22. The lowest BCUT2D eigenvalue weighted by atomic mass is 10.1. The maximum absolute atomic E-state index is 12.9. The van der Waals surface area contributed by atoms with Crippen molar-refractivity contribution in [2.24, 2.45) is 10.7 Å². The molecule has 1 aliphatic carbocycles. The Morgan fingerprint density at radius 3 is 2.69 bits per heavy atom. The Morgan fingerprint density at radius 1 is 1.20 bits per heavy atom. The zero-order valence-corrected chi connectivity index (χ0v) is 22.1. The van der Waals surface area contributed by atoms with E-state index in [1.165, 1.54) is 12.8 Å². The molecule has 186 valence electrons. The van der Waals surface area contributed by atoms with Crippen molar-refractivity contribution in [1.82, 2.24) is 24.6 Å². The molecule has 5 rings (SSSR count). The Balaban J connectivity index is 1.44. The van der Waals surface area contributed by atoms with Crippen molar-refractivity contribution in [2.45, 2.75) is 51.7 Å². The van der Waals surface area contributed by atoms with Gasteiger partial charge in [-0.05, 0) is 50.6 Å². The monoisotopic (exact) mass is 539 g/mol. The van der Waals surface area contributed by atoms with Gasteiger partial charge in [0, 0.05) is 59.4 Å². The summed E-state index contributed by atoms with van der Waals surface area (Å²) in [5.74, 6) is 0.424. The maximum Gasteiger partial charge on any atom is 0.253 e. The molecule has 1 saturated carbocycles. The van der Waals surface area contributed by atoms with Gasteiger partial charge in [-0.25, -0.2) is 0 Å². The number of halogens is 1. The van der Waals surface area contributed by atoms with E-state index in [0.717, 1.165) is 77.8 Å². The first-order valence-electron chi connectivity index (χ1n) is 12.5. The van der Waals surface area contributed by atoms with Crippen LogP contribution in [0.25, 0.3) is 10.9 Å². The summed E-state index contributed by atoms with van der Waals surface area (Å²) in [6, 6.07) is 6.61. The molecule has 2 aliphatic rings. The minimum absolute atomic E-state index is 0.0841. The van der Waals surface area contributed by atoms with Crippen LogP contribution in [0.2, 0.25) is 0 Å². The van der Waals surface area contributed by atoms with Crippen LogP contribution in [0.5, 0.6) is 0 Å².